The fourth-order valence-corrected chi connectivity index (χ4v) is 3.35. The predicted molar refractivity (Wildman–Crippen MR) is 152 cm³/mol. The molecule has 7 heteroatoms. The van der Waals surface area contributed by atoms with E-state index in [1.165, 1.54) is 12.1 Å². The molecule has 3 aromatic carbocycles. The van der Waals surface area contributed by atoms with E-state index in [2.05, 4.69) is 18.5 Å². The van der Waals surface area contributed by atoms with E-state index in [0.717, 1.165) is 17.2 Å². The molecule has 0 radical (unpaired) electrons. The van der Waals surface area contributed by atoms with Crippen LogP contribution in [0.5, 0.6) is 11.5 Å². The lowest BCUT2D eigenvalue weighted by Crippen LogP contribution is -2.26. The second kappa shape index (κ2) is 15.4. The van der Waals surface area contributed by atoms with Crippen molar-refractivity contribution in [3.63, 3.8) is 0 Å². The summed E-state index contributed by atoms with van der Waals surface area (Å²) < 4.78 is 30.9. The topological polar surface area (TPSA) is 73.9 Å². The van der Waals surface area contributed by atoms with Crippen LogP contribution >= 0.6 is 0 Å². The van der Waals surface area contributed by atoms with E-state index in [4.69, 9.17) is 14.2 Å². The molecular weight excluding hydrogens is 497 g/mol. The van der Waals surface area contributed by atoms with Crippen molar-refractivity contribution < 1.29 is 28.2 Å². The molecule has 0 spiro atoms. The van der Waals surface area contributed by atoms with Gasteiger partial charge in [0.1, 0.15) is 37.1 Å². The van der Waals surface area contributed by atoms with Crippen molar-refractivity contribution in [2.75, 3.05) is 26.4 Å². The maximum atomic E-state index is 14.8. The van der Waals surface area contributed by atoms with Gasteiger partial charge in [-0.05, 0) is 53.1 Å². The van der Waals surface area contributed by atoms with E-state index in [-0.39, 0.29) is 24.9 Å². The van der Waals surface area contributed by atoms with Crippen LogP contribution in [-0.4, -0.2) is 38.2 Å². The number of carbonyl (C=O) groups is 2. The molecule has 39 heavy (non-hydrogen) atoms. The molecule has 1 N–H and O–H groups in total. The van der Waals surface area contributed by atoms with Crippen molar-refractivity contribution in [1.29, 1.82) is 0 Å². The third-order valence-electron chi connectivity index (χ3n) is 5.28. The van der Waals surface area contributed by atoms with Crippen LogP contribution < -0.4 is 14.8 Å². The molecule has 1 amide bonds. The SMILES string of the molecule is C=CC(=O)NCCOc1cccc(/C=C/c2ccc(/C=C/c3cccc(OCCOC(=O)C=C)c3)cc2F)c1. The van der Waals surface area contributed by atoms with Gasteiger partial charge in [0.2, 0.25) is 5.91 Å². The Bertz CT molecular complexity index is 1360. The van der Waals surface area contributed by atoms with Crippen LogP contribution in [-0.2, 0) is 14.3 Å². The Kier molecular flexibility index (Phi) is 11.3. The lowest BCUT2D eigenvalue weighted by atomic mass is 10.1. The predicted octanol–water partition coefficient (Wildman–Crippen LogP) is 5.96. The number of rotatable bonds is 14. The minimum atomic E-state index is -0.493. The zero-order valence-electron chi connectivity index (χ0n) is 21.5. The molecule has 0 saturated heterocycles. The van der Waals surface area contributed by atoms with Crippen LogP contribution in [0, 0.1) is 5.82 Å². The number of hydrogen-bond donors (Lipinski definition) is 1. The molecule has 6 nitrogen and oxygen atoms in total. The minimum absolute atomic E-state index is 0.127. The molecule has 0 bridgehead atoms. The smallest absolute Gasteiger partial charge is 0.330 e. The number of hydrogen-bond acceptors (Lipinski definition) is 5. The van der Waals surface area contributed by atoms with Crippen molar-refractivity contribution in [2.24, 2.45) is 0 Å². The van der Waals surface area contributed by atoms with Crippen LogP contribution in [0.3, 0.4) is 0 Å². The number of amides is 1. The normalized spacial score (nSPS) is 10.8. The van der Waals surface area contributed by atoms with Crippen LogP contribution in [0.25, 0.3) is 24.3 Å². The Morgan fingerprint density at radius 2 is 1.36 bits per heavy atom. The number of ether oxygens (including phenoxy) is 3. The van der Waals surface area contributed by atoms with Crippen LogP contribution in [0.1, 0.15) is 22.3 Å². The molecule has 3 aromatic rings. The number of halogens is 1. The van der Waals surface area contributed by atoms with E-state index >= 15 is 0 Å². The molecular formula is C32H30FNO5. The van der Waals surface area contributed by atoms with Gasteiger partial charge in [0.25, 0.3) is 0 Å². The highest BCUT2D eigenvalue weighted by Gasteiger charge is 2.02. The van der Waals surface area contributed by atoms with Gasteiger partial charge < -0.3 is 19.5 Å². The summed E-state index contributed by atoms with van der Waals surface area (Å²) in [5, 5.41) is 2.65. The van der Waals surface area contributed by atoms with E-state index < -0.39 is 5.97 Å². The number of carbonyl (C=O) groups excluding carboxylic acids is 2. The molecule has 3 rings (SSSR count). The van der Waals surface area contributed by atoms with Crippen molar-refractivity contribution in [3.05, 3.63) is 120 Å². The fourth-order valence-electron chi connectivity index (χ4n) is 3.35. The van der Waals surface area contributed by atoms with Gasteiger partial charge in [-0.25, -0.2) is 9.18 Å². The zero-order chi connectivity index (χ0) is 27.9. The average Bonchev–Trinajstić information content (AvgIpc) is 2.96. The Morgan fingerprint density at radius 3 is 1.97 bits per heavy atom. The number of nitrogens with one attached hydrogen (secondary N) is 1. The highest BCUT2D eigenvalue weighted by molar-refractivity contribution is 5.86. The first-order valence-electron chi connectivity index (χ1n) is 12.3. The standard InChI is InChI=1S/C32H30FNO5/c1-3-31(35)34-17-18-37-28-9-6-8-25(22-28)13-15-27-16-14-26(23-30(27)33)12-11-24-7-5-10-29(21-24)38-19-20-39-32(36)4-2/h3-16,21-23H,1-2,17-20H2,(H,34,35)/b12-11+,15-13+. The largest absolute Gasteiger partial charge is 0.492 e. The summed E-state index contributed by atoms with van der Waals surface area (Å²) >= 11 is 0. The molecule has 0 heterocycles. The Hall–Kier alpha value is -4.91. The summed E-state index contributed by atoms with van der Waals surface area (Å²) in [6.45, 7) is 7.77. The van der Waals surface area contributed by atoms with E-state index in [0.29, 0.717) is 35.8 Å². The van der Waals surface area contributed by atoms with Crippen molar-refractivity contribution in [3.8, 4) is 11.5 Å². The molecule has 0 aliphatic carbocycles. The van der Waals surface area contributed by atoms with Gasteiger partial charge in [-0.15, -0.1) is 0 Å². The molecule has 0 aromatic heterocycles. The summed E-state index contributed by atoms with van der Waals surface area (Å²) in [6, 6.07) is 19.8. The number of benzene rings is 3. The first kappa shape index (κ1) is 28.7. The van der Waals surface area contributed by atoms with Gasteiger partial charge in [0.15, 0.2) is 0 Å². The van der Waals surface area contributed by atoms with Crippen LogP contribution in [0.15, 0.2) is 92.0 Å². The summed E-state index contributed by atoms with van der Waals surface area (Å²) in [5.41, 5.74) is 2.90. The van der Waals surface area contributed by atoms with Gasteiger partial charge in [-0.2, -0.15) is 0 Å². The monoisotopic (exact) mass is 527 g/mol. The number of esters is 1. The quantitative estimate of drug-likeness (QED) is 0.121. The second-order valence-electron chi connectivity index (χ2n) is 8.16. The van der Waals surface area contributed by atoms with E-state index in [9.17, 15) is 14.0 Å². The summed E-state index contributed by atoms with van der Waals surface area (Å²) in [5.74, 6) is 0.196. The van der Waals surface area contributed by atoms with Crippen LogP contribution in [0.2, 0.25) is 0 Å². The second-order valence-corrected chi connectivity index (χ2v) is 8.16. The first-order valence-corrected chi connectivity index (χ1v) is 12.3. The summed E-state index contributed by atoms with van der Waals surface area (Å²) in [6.07, 6.45) is 9.51. The van der Waals surface area contributed by atoms with Crippen molar-refractivity contribution >= 4 is 36.2 Å². The van der Waals surface area contributed by atoms with Crippen molar-refractivity contribution in [2.45, 2.75) is 0 Å². The molecule has 0 atom stereocenters. The molecule has 200 valence electrons. The lowest BCUT2D eigenvalue weighted by molar-refractivity contribution is -0.138. The Morgan fingerprint density at radius 1 is 0.744 bits per heavy atom. The van der Waals surface area contributed by atoms with Gasteiger partial charge in [0, 0.05) is 11.6 Å². The van der Waals surface area contributed by atoms with Crippen LogP contribution in [0.4, 0.5) is 4.39 Å². The average molecular weight is 528 g/mol. The Labute approximate surface area is 227 Å². The summed E-state index contributed by atoms with van der Waals surface area (Å²) in [4.78, 5) is 22.2. The third kappa shape index (κ3) is 10.2. The van der Waals surface area contributed by atoms with Gasteiger partial charge in [0.05, 0.1) is 6.54 Å². The molecule has 0 unspecified atom stereocenters. The fraction of sp³-hybridized carbons (Fsp3) is 0.125. The molecule has 0 saturated carbocycles. The van der Waals surface area contributed by atoms with Gasteiger partial charge in [-0.3, -0.25) is 4.79 Å². The first-order chi connectivity index (χ1) is 19.0. The van der Waals surface area contributed by atoms with E-state index in [1.54, 1.807) is 18.2 Å². The summed E-state index contributed by atoms with van der Waals surface area (Å²) in [7, 11) is 0. The van der Waals surface area contributed by atoms with E-state index in [1.807, 2.05) is 66.8 Å². The van der Waals surface area contributed by atoms with Gasteiger partial charge >= 0.3 is 5.97 Å². The highest BCUT2D eigenvalue weighted by Crippen LogP contribution is 2.20. The maximum Gasteiger partial charge on any atom is 0.330 e. The molecule has 0 aliphatic rings. The lowest BCUT2D eigenvalue weighted by Gasteiger charge is -2.07. The minimum Gasteiger partial charge on any atom is -0.492 e. The van der Waals surface area contributed by atoms with Gasteiger partial charge in [-0.1, -0.05) is 73.9 Å². The van der Waals surface area contributed by atoms with Crippen molar-refractivity contribution in [1.82, 2.24) is 5.32 Å². The Balaban J connectivity index is 1.55. The zero-order valence-corrected chi connectivity index (χ0v) is 21.5. The highest BCUT2D eigenvalue weighted by atomic mass is 19.1. The molecule has 0 fully saturated rings. The third-order valence-corrected chi connectivity index (χ3v) is 5.28. The molecule has 0 aliphatic heterocycles. The maximum absolute atomic E-state index is 14.8.